The van der Waals surface area contributed by atoms with Crippen molar-refractivity contribution in [3.63, 3.8) is 0 Å². The van der Waals surface area contributed by atoms with Crippen LogP contribution in [-0.2, 0) is 14.9 Å². The molecule has 0 spiro atoms. The molecule has 21 heavy (non-hydrogen) atoms. The lowest BCUT2D eigenvalue weighted by atomic mass is 9.84. The molecule has 0 saturated heterocycles. The number of hydrogen-bond donors (Lipinski definition) is 1. The maximum Gasteiger partial charge on any atom is 0.221 e. The van der Waals surface area contributed by atoms with E-state index >= 15 is 0 Å². The lowest BCUT2D eigenvalue weighted by molar-refractivity contribution is -0.114. The molecule has 0 fully saturated rings. The fourth-order valence-electron chi connectivity index (χ4n) is 1.95. The third kappa shape index (κ3) is 4.56. The second-order valence-corrected chi connectivity index (χ2v) is 5.94. The molecule has 1 N–H and O–H groups in total. The molecule has 0 aliphatic heterocycles. The van der Waals surface area contributed by atoms with E-state index in [0.717, 1.165) is 5.56 Å². The normalized spacial score (nSPS) is 11.1. The number of anilines is 1. The molecule has 1 aromatic rings. The molecule has 0 aliphatic carbocycles. The molecule has 0 heterocycles. The molecule has 0 aromatic heterocycles. The van der Waals surface area contributed by atoms with Crippen LogP contribution in [0.5, 0.6) is 5.75 Å². The van der Waals surface area contributed by atoms with Crippen LogP contribution in [0.25, 0.3) is 0 Å². The molecule has 1 amide bonds. The smallest absolute Gasteiger partial charge is 0.221 e. The third-order valence-corrected chi connectivity index (χ3v) is 2.94. The van der Waals surface area contributed by atoms with Crippen LogP contribution in [0.2, 0.25) is 0 Å². The zero-order valence-electron chi connectivity index (χ0n) is 13.5. The zero-order valence-corrected chi connectivity index (χ0v) is 13.5. The summed E-state index contributed by atoms with van der Waals surface area (Å²) in [5.74, 6) is 0.243. The van der Waals surface area contributed by atoms with E-state index in [-0.39, 0.29) is 23.9 Å². The molecule has 116 valence electrons. The maximum atomic E-state index is 11.7. The predicted octanol–water partition coefficient (Wildman–Crippen LogP) is 3.13. The largest absolute Gasteiger partial charge is 0.465 e. The van der Waals surface area contributed by atoms with Crippen LogP contribution in [0.3, 0.4) is 0 Å². The Morgan fingerprint density at radius 3 is 2.24 bits per heavy atom. The standard InChI is InChI=1S/C16H23NO4/c1-10(18)12-7-13(16(3,4)5)15(21-9-20-6)14(8-12)17-11(2)19/h7-8H,9H2,1-6H3,(H,17,19). The highest BCUT2D eigenvalue weighted by molar-refractivity contribution is 5.98. The highest BCUT2D eigenvalue weighted by Gasteiger charge is 2.24. The highest BCUT2D eigenvalue weighted by atomic mass is 16.7. The van der Waals surface area contributed by atoms with Crippen LogP contribution < -0.4 is 10.1 Å². The number of ketones is 1. The Bertz CT molecular complexity index is 544. The number of carbonyl (C=O) groups is 2. The van der Waals surface area contributed by atoms with Crippen molar-refractivity contribution >= 4 is 17.4 Å². The summed E-state index contributed by atoms with van der Waals surface area (Å²) < 4.78 is 10.6. The van der Waals surface area contributed by atoms with E-state index in [4.69, 9.17) is 9.47 Å². The van der Waals surface area contributed by atoms with E-state index in [2.05, 4.69) is 5.32 Å². The topological polar surface area (TPSA) is 64.6 Å². The number of rotatable bonds is 5. The monoisotopic (exact) mass is 293 g/mol. The van der Waals surface area contributed by atoms with Crippen molar-refractivity contribution in [2.75, 3.05) is 19.2 Å². The molecule has 0 bridgehead atoms. The van der Waals surface area contributed by atoms with Crippen LogP contribution in [0, 0.1) is 0 Å². The van der Waals surface area contributed by atoms with Gasteiger partial charge in [-0.3, -0.25) is 9.59 Å². The van der Waals surface area contributed by atoms with E-state index < -0.39 is 0 Å². The lowest BCUT2D eigenvalue weighted by Crippen LogP contribution is -2.18. The number of nitrogens with one attached hydrogen (secondary N) is 1. The fraction of sp³-hybridized carbons (Fsp3) is 0.500. The first-order valence-corrected chi connectivity index (χ1v) is 6.75. The molecule has 1 aromatic carbocycles. The third-order valence-electron chi connectivity index (χ3n) is 2.94. The van der Waals surface area contributed by atoms with Crippen molar-refractivity contribution in [3.8, 4) is 5.75 Å². The first-order chi connectivity index (χ1) is 9.66. The number of carbonyl (C=O) groups excluding carboxylic acids is 2. The molecular weight excluding hydrogens is 270 g/mol. The molecule has 5 nitrogen and oxygen atoms in total. The van der Waals surface area contributed by atoms with Crippen LogP contribution in [0.1, 0.15) is 50.5 Å². The summed E-state index contributed by atoms with van der Waals surface area (Å²) in [5.41, 5.74) is 1.61. The highest BCUT2D eigenvalue weighted by Crippen LogP contribution is 2.38. The van der Waals surface area contributed by atoms with Crippen molar-refractivity contribution in [1.82, 2.24) is 0 Å². The minimum absolute atomic E-state index is 0.0645. The van der Waals surface area contributed by atoms with Gasteiger partial charge in [0.2, 0.25) is 5.91 Å². The molecule has 0 aliphatic rings. The summed E-state index contributed by atoms with van der Waals surface area (Å²) in [6.07, 6.45) is 0. The van der Waals surface area contributed by atoms with Crippen molar-refractivity contribution < 1.29 is 19.1 Å². The predicted molar refractivity (Wildman–Crippen MR) is 82.0 cm³/mol. The number of ether oxygens (including phenoxy) is 2. The van der Waals surface area contributed by atoms with E-state index in [1.54, 1.807) is 12.1 Å². The minimum Gasteiger partial charge on any atom is -0.465 e. The van der Waals surface area contributed by atoms with E-state index in [9.17, 15) is 9.59 Å². The first kappa shape index (κ1) is 17.2. The Hall–Kier alpha value is -1.88. The number of benzene rings is 1. The summed E-state index contributed by atoms with van der Waals surface area (Å²) in [6, 6.07) is 3.43. The second kappa shape index (κ2) is 6.72. The van der Waals surface area contributed by atoms with Gasteiger partial charge in [-0.15, -0.1) is 0 Å². The molecule has 5 heteroatoms. The average molecular weight is 293 g/mol. The second-order valence-electron chi connectivity index (χ2n) is 5.94. The van der Waals surface area contributed by atoms with Gasteiger partial charge in [-0.25, -0.2) is 0 Å². The molecular formula is C16H23NO4. The summed E-state index contributed by atoms with van der Waals surface area (Å²) in [6.45, 7) is 9.03. The summed E-state index contributed by atoms with van der Waals surface area (Å²) in [5, 5.41) is 2.72. The zero-order chi connectivity index (χ0) is 16.2. The van der Waals surface area contributed by atoms with Crippen LogP contribution in [0.15, 0.2) is 12.1 Å². The van der Waals surface area contributed by atoms with Gasteiger partial charge in [0.15, 0.2) is 12.6 Å². The van der Waals surface area contributed by atoms with Gasteiger partial charge in [0.25, 0.3) is 0 Å². The Balaban J connectivity index is 3.51. The van der Waals surface area contributed by atoms with Crippen molar-refractivity contribution in [2.45, 2.75) is 40.0 Å². The Morgan fingerprint density at radius 2 is 1.81 bits per heavy atom. The average Bonchev–Trinajstić information content (AvgIpc) is 2.34. The number of hydrogen-bond acceptors (Lipinski definition) is 4. The number of amides is 1. The summed E-state index contributed by atoms with van der Waals surface area (Å²) in [4.78, 5) is 23.1. The molecule has 0 atom stereocenters. The fourth-order valence-corrected chi connectivity index (χ4v) is 1.95. The quantitative estimate of drug-likeness (QED) is 0.669. The molecule has 0 saturated carbocycles. The molecule has 1 rings (SSSR count). The van der Waals surface area contributed by atoms with E-state index in [1.807, 2.05) is 20.8 Å². The summed E-state index contributed by atoms with van der Waals surface area (Å²) in [7, 11) is 1.53. The Kier molecular flexibility index (Phi) is 5.49. The number of methoxy groups -OCH3 is 1. The van der Waals surface area contributed by atoms with Gasteiger partial charge < -0.3 is 14.8 Å². The van der Waals surface area contributed by atoms with Gasteiger partial charge in [0.05, 0.1) is 5.69 Å². The maximum absolute atomic E-state index is 11.7. The van der Waals surface area contributed by atoms with E-state index in [1.165, 1.54) is 21.0 Å². The van der Waals surface area contributed by atoms with Crippen LogP contribution >= 0.6 is 0 Å². The lowest BCUT2D eigenvalue weighted by Gasteiger charge is -2.25. The number of Topliss-reactive ketones (excluding diaryl/α,β-unsaturated/α-hetero) is 1. The van der Waals surface area contributed by atoms with Crippen molar-refractivity contribution in [2.24, 2.45) is 0 Å². The van der Waals surface area contributed by atoms with Crippen molar-refractivity contribution in [1.29, 1.82) is 0 Å². The van der Waals surface area contributed by atoms with Gasteiger partial charge >= 0.3 is 0 Å². The SMILES string of the molecule is COCOc1c(NC(C)=O)cc(C(C)=O)cc1C(C)(C)C. The van der Waals surface area contributed by atoms with Gasteiger partial charge in [0, 0.05) is 25.2 Å². The summed E-state index contributed by atoms with van der Waals surface area (Å²) >= 11 is 0. The first-order valence-electron chi connectivity index (χ1n) is 6.75. The van der Waals surface area contributed by atoms with Gasteiger partial charge in [0.1, 0.15) is 5.75 Å². The van der Waals surface area contributed by atoms with Crippen LogP contribution in [-0.4, -0.2) is 25.6 Å². The Morgan fingerprint density at radius 1 is 1.19 bits per heavy atom. The van der Waals surface area contributed by atoms with E-state index in [0.29, 0.717) is 17.0 Å². The van der Waals surface area contributed by atoms with Gasteiger partial charge in [-0.2, -0.15) is 0 Å². The van der Waals surface area contributed by atoms with Gasteiger partial charge in [-0.05, 0) is 24.5 Å². The molecule has 0 radical (unpaired) electrons. The minimum atomic E-state index is -0.248. The molecule has 0 unspecified atom stereocenters. The van der Waals surface area contributed by atoms with Gasteiger partial charge in [-0.1, -0.05) is 20.8 Å². The Labute approximate surface area is 125 Å². The van der Waals surface area contributed by atoms with Crippen LogP contribution in [0.4, 0.5) is 5.69 Å². The van der Waals surface area contributed by atoms with Crippen molar-refractivity contribution in [3.05, 3.63) is 23.3 Å².